The number of likely N-dealkylation sites (tertiary alicyclic amines) is 1. The summed E-state index contributed by atoms with van der Waals surface area (Å²) in [5.74, 6) is -0.976. The Morgan fingerprint density at radius 1 is 1.40 bits per heavy atom. The average Bonchev–Trinajstić information content (AvgIpc) is 2.44. The van der Waals surface area contributed by atoms with Crippen LogP contribution in [0.4, 0.5) is 4.79 Å². The summed E-state index contributed by atoms with van der Waals surface area (Å²) in [6.07, 6.45) is 4.06. The third kappa shape index (κ3) is 5.36. The first-order valence-electron chi connectivity index (χ1n) is 7.48. The van der Waals surface area contributed by atoms with Gasteiger partial charge in [0.1, 0.15) is 6.04 Å². The molecule has 0 aromatic rings. The van der Waals surface area contributed by atoms with Crippen molar-refractivity contribution in [2.24, 2.45) is 0 Å². The summed E-state index contributed by atoms with van der Waals surface area (Å²) in [4.78, 5) is 24.8. The Morgan fingerprint density at radius 2 is 2.15 bits per heavy atom. The molecule has 1 aliphatic heterocycles. The molecule has 116 valence electrons. The molecule has 6 nitrogen and oxygen atoms in total. The van der Waals surface area contributed by atoms with E-state index in [-0.39, 0.29) is 12.1 Å². The molecule has 0 bridgehead atoms. The van der Waals surface area contributed by atoms with Gasteiger partial charge in [0.2, 0.25) is 0 Å². The van der Waals surface area contributed by atoms with E-state index in [1.54, 1.807) is 4.90 Å². The zero-order valence-corrected chi connectivity index (χ0v) is 12.4. The second-order valence-electron chi connectivity index (χ2n) is 5.21. The number of aliphatic carboxylic acids is 1. The number of carbonyl (C=O) groups is 2. The van der Waals surface area contributed by atoms with Crippen LogP contribution in [0.15, 0.2) is 0 Å². The number of carbonyl (C=O) groups excluding carboxylic acids is 1. The third-order valence-corrected chi connectivity index (χ3v) is 3.40. The number of urea groups is 1. The number of carboxylic acids is 1. The number of hydrogen-bond donors (Lipinski definition) is 2. The third-order valence-electron chi connectivity index (χ3n) is 3.40. The van der Waals surface area contributed by atoms with Crippen LogP contribution in [0.3, 0.4) is 0 Å². The van der Waals surface area contributed by atoms with E-state index in [0.717, 1.165) is 25.7 Å². The Labute approximate surface area is 120 Å². The van der Waals surface area contributed by atoms with E-state index in [0.29, 0.717) is 26.1 Å². The molecule has 2 unspecified atom stereocenters. The van der Waals surface area contributed by atoms with Crippen LogP contribution < -0.4 is 5.32 Å². The van der Waals surface area contributed by atoms with Crippen molar-refractivity contribution in [3.05, 3.63) is 0 Å². The first-order chi connectivity index (χ1) is 9.58. The lowest BCUT2D eigenvalue weighted by atomic mass is 10.1. The van der Waals surface area contributed by atoms with Gasteiger partial charge in [0.05, 0.1) is 6.10 Å². The fourth-order valence-electron chi connectivity index (χ4n) is 2.33. The molecular weight excluding hydrogens is 260 g/mol. The number of hydrogen-bond acceptors (Lipinski definition) is 3. The van der Waals surface area contributed by atoms with Crippen molar-refractivity contribution in [2.75, 3.05) is 19.7 Å². The maximum Gasteiger partial charge on any atom is 0.326 e. The molecule has 1 aliphatic rings. The summed E-state index contributed by atoms with van der Waals surface area (Å²) in [5, 5.41) is 11.7. The standard InChI is InChI=1S/C14H26N2O4/c1-3-6-12(13(17)18)15-14(19)16-8-5-7-11(10-16)20-9-4-2/h11-12H,3-10H2,1-2H3,(H,15,19)(H,17,18). The van der Waals surface area contributed by atoms with E-state index < -0.39 is 12.0 Å². The zero-order chi connectivity index (χ0) is 15.0. The van der Waals surface area contributed by atoms with Gasteiger partial charge in [-0.25, -0.2) is 9.59 Å². The van der Waals surface area contributed by atoms with Crippen LogP contribution >= 0.6 is 0 Å². The molecule has 0 aromatic carbocycles. The monoisotopic (exact) mass is 286 g/mol. The van der Waals surface area contributed by atoms with Gasteiger partial charge in [-0.2, -0.15) is 0 Å². The highest BCUT2D eigenvalue weighted by Crippen LogP contribution is 2.14. The molecule has 0 spiro atoms. The highest BCUT2D eigenvalue weighted by Gasteiger charge is 2.27. The number of carboxylic acid groups (broad SMARTS) is 1. The smallest absolute Gasteiger partial charge is 0.326 e. The highest BCUT2D eigenvalue weighted by atomic mass is 16.5. The van der Waals surface area contributed by atoms with Crippen LogP contribution in [-0.2, 0) is 9.53 Å². The molecule has 1 saturated heterocycles. The zero-order valence-electron chi connectivity index (χ0n) is 12.4. The van der Waals surface area contributed by atoms with Crippen molar-refractivity contribution in [2.45, 2.75) is 58.1 Å². The summed E-state index contributed by atoms with van der Waals surface area (Å²) in [6, 6.07) is -1.10. The number of piperidine rings is 1. The molecule has 1 fully saturated rings. The number of rotatable bonds is 7. The van der Waals surface area contributed by atoms with E-state index in [1.165, 1.54) is 0 Å². The lowest BCUT2D eigenvalue weighted by molar-refractivity contribution is -0.139. The average molecular weight is 286 g/mol. The van der Waals surface area contributed by atoms with E-state index in [1.807, 2.05) is 6.92 Å². The van der Waals surface area contributed by atoms with Gasteiger partial charge in [-0.1, -0.05) is 20.3 Å². The number of amides is 2. The predicted molar refractivity (Wildman–Crippen MR) is 75.7 cm³/mol. The highest BCUT2D eigenvalue weighted by molar-refractivity contribution is 5.82. The summed E-state index contributed by atoms with van der Waals surface area (Å²) < 4.78 is 5.67. The van der Waals surface area contributed by atoms with Crippen LogP contribution in [0, 0.1) is 0 Å². The Kier molecular flexibility index (Phi) is 7.36. The molecule has 0 aliphatic carbocycles. The van der Waals surface area contributed by atoms with Gasteiger partial charge >= 0.3 is 12.0 Å². The van der Waals surface area contributed by atoms with Crippen molar-refractivity contribution in [1.29, 1.82) is 0 Å². The fraction of sp³-hybridized carbons (Fsp3) is 0.857. The van der Waals surface area contributed by atoms with E-state index in [2.05, 4.69) is 12.2 Å². The van der Waals surface area contributed by atoms with Crippen LogP contribution in [0.1, 0.15) is 46.0 Å². The summed E-state index contributed by atoms with van der Waals surface area (Å²) in [7, 11) is 0. The lowest BCUT2D eigenvalue weighted by Gasteiger charge is -2.33. The minimum absolute atomic E-state index is 0.0731. The molecule has 0 saturated carbocycles. The molecule has 0 aromatic heterocycles. The van der Waals surface area contributed by atoms with E-state index in [9.17, 15) is 9.59 Å². The maximum atomic E-state index is 12.1. The van der Waals surface area contributed by atoms with Gasteiger partial charge in [-0.15, -0.1) is 0 Å². The number of nitrogens with zero attached hydrogens (tertiary/aromatic N) is 1. The van der Waals surface area contributed by atoms with Gasteiger partial charge in [-0.3, -0.25) is 0 Å². The topological polar surface area (TPSA) is 78.9 Å². The molecule has 6 heteroatoms. The molecular formula is C14H26N2O4. The number of nitrogens with one attached hydrogen (secondary N) is 1. The van der Waals surface area contributed by atoms with Crippen LogP contribution in [0.2, 0.25) is 0 Å². The van der Waals surface area contributed by atoms with Crippen molar-refractivity contribution in [3.63, 3.8) is 0 Å². The van der Waals surface area contributed by atoms with Crippen molar-refractivity contribution in [1.82, 2.24) is 10.2 Å². The van der Waals surface area contributed by atoms with E-state index in [4.69, 9.17) is 9.84 Å². The molecule has 2 amide bonds. The van der Waals surface area contributed by atoms with Gasteiger partial charge < -0.3 is 20.1 Å². The Morgan fingerprint density at radius 3 is 2.75 bits per heavy atom. The summed E-state index contributed by atoms with van der Waals surface area (Å²) in [6.45, 7) is 5.86. The quantitative estimate of drug-likeness (QED) is 0.748. The molecule has 1 heterocycles. The largest absolute Gasteiger partial charge is 0.480 e. The van der Waals surface area contributed by atoms with Crippen LogP contribution in [0.5, 0.6) is 0 Å². The van der Waals surface area contributed by atoms with Gasteiger partial charge in [0.15, 0.2) is 0 Å². The summed E-state index contributed by atoms with van der Waals surface area (Å²) >= 11 is 0. The van der Waals surface area contributed by atoms with E-state index >= 15 is 0 Å². The predicted octanol–water partition coefficient (Wildman–Crippen LogP) is 1.84. The van der Waals surface area contributed by atoms with Crippen molar-refractivity contribution < 1.29 is 19.4 Å². The van der Waals surface area contributed by atoms with Crippen LogP contribution in [0.25, 0.3) is 0 Å². The maximum absolute atomic E-state index is 12.1. The fourth-order valence-corrected chi connectivity index (χ4v) is 2.33. The van der Waals surface area contributed by atoms with Crippen molar-refractivity contribution >= 4 is 12.0 Å². The van der Waals surface area contributed by atoms with Gasteiger partial charge in [0.25, 0.3) is 0 Å². The molecule has 20 heavy (non-hydrogen) atoms. The minimum atomic E-state index is -0.976. The molecule has 0 radical (unpaired) electrons. The SMILES string of the molecule is CCCOC1CCCN(C(=O)NC(CCC)C(=O)O)C1. The summed E-state index contributed by atoms with van der Waals surface area (Å²) in [5.41, 5.74) is 0. The Balaban J connectivity index is 2.46. The van der Waals surface area contributed by atoms with Crippen LogP contribution in [-0.4, -0.2) is 53.8 Å². The Hall–Kier alpha value is -1.30. The second kappa shape index (κ2) is 8.79. The lowest BCUT2D eigenvalue weighted by Crippen LogP contribution is -2.52. The number of ether oxygens (including phenoxy) is 1. The van der Waals surface area contributed by atoms with Crippen molar-refractivity contribution in [3.8, 4) is 0 Å². The second-order valence-corrected chi connectivity index (χ2v) is 5.21. The van der Waals surface area contributed by atoms with Gasteiger partial charge in [-0.05, 0) is 25.7 Å². The molecule has 1 rings (SSSR count). The first-order valence-corrected chi connectivity index (χ1v) is 7.48. The molecule has 2 atom stereocenters. The van der Waals surface area contributed by atoms with Gasteiger partial charge in [0, 0.05) is 19.7 Å². The molecule has 2 N–H and O–H groups in total. The first kappa shape index (κ1) is 16.8. The minimum Gasteiger partial charge on any atom is -0.480 e. The normalized spacial score (nSPS) is 20.5. The Bertz CT molecular complexity index is 322.